The van der Waals surface area contributed by atoms with Gasteiger partial charge in [0, 0.05) is 35.2 Å². The van der Waals surface area contributed by atoms with Crippen LogP contribution in [-0.4, -0.2) is 65.5 Å². The van der Waals surface area contributed by atoms with E-state index in [-0.39, 0.29) is 3.41 Å². The van der Waals surface area contributed by atoms with Gasteiger partial charge in [0.05, 0.1) is 4.58 Å². The van der Waals surface area contributed by atoms with Gasteiger partial charge in [-0.2, -0.15) is 63.1 Å². The Balaban J connectivity index is 4.95. The molecule has 0 aromatic carbocycles. The van der Waals surface area contributed by atoms with Gasteiger partial charge in [0.2, 0.25) is 0 Å². The van der Waals surface area contributed by atoms with Crippen molar-refractivity contribution in [1.29, 1.82) is 0 Å². The lowest BCUT2D eigenvalue weighted by Crippen LogP contribution is -2.24. The highest BCUT2D eigenvalue weighted by molar-refractivity contribution is 8.34. The smallest absolute Gasteiger partial charge is 0.108 e. The molecule has 0 N–H and O–H groups in total. The fraction of sp³-hybridized carbons (Fsp3) is 1.00. The van der Waals surface area contributed by atoms with E-state index in [1.54, 1.807) is 0 Å². The largest absolute Gasteiger partial charge is 0.179 e. The summed E-state index contributed by atoms with van der Waals surface area (Å²) in [6, 6.07) is 0. The normalized spacial score (nSPS) is 12.3. The second-order valence-corrected chi connectivity index (χ2v) is 14.3. The molecule has 0 saturated heterocycles. The average molecular weight is 505 g/mol. The summed E-state index contributed by atoms with van der Waals surface area (Å²) in [6.07, 6.45) is 1.18. The zero-order valence-corrected chi connectivity index (χ0v) is 21.7. The summed E-state index contributed by atoms with van der Waals surface area (Å²) in [5, 5.41) is 0. The molecule has 0 radical (unpaired) electrons. The van der Waals surface area contributed by atoms with Crippen LogP contribution in [0.1, 0.15) is 6.42 Å². The molecule has 0 heterocycles. The van der Waals surface area contributed by atoms with Crippen molar-refractivity contribution in [3.05, 3.63) is 0 Å². The topological polar surface area (TPSA) is 0 Å². The van der Waals surface area contributed by atoms with Gasteiger partial charge in [0.1, 0.15) is 3.41 Å². The summed E-state index contributed by atoms with van der Waals surface area (Å²) in [7, 11) is 0. The number of thiol groups is 5. The fourth-order valence-corrected chi connectivity index (χ4v) is 10.7. The van der Waals surface area contributed by atoms with Gasteiger partial charge in [-0.15, -0.1) is 58.8 Å². The lowest BCUT2D eigenvalue weighted by molar-refractivity contribution is 0.979. The fourth-order valence-electron chi connectivity index (χ4n) is 1.64. The molecule has 0 saturated carbocycles. The van der Waals surface area contributed by atoms with E-state index in [0.717, 1.165) is 57.5 Å². The molecule has 0 aliphatic carbocycles. The highest BCUT2D eigenvalue weighted by Gasteiger charge is 2.34. The standard InChI is InChI=1S/C13H28S10/c14-1-6-19-12(20-7-2-15)11-13(21-8-3-16,22-9-4-17)23-10-5-18/h12,14-18H,1-11H2. The molecule has 0 rings (SSSR count). The number of hydrogen-bond donors (Lipinski definition) is 5. The third kappa shape index (κ3) is 14.2. The van der Waals surface area contributed by atoms with Crippen LogP contribution in [0.2, 0.25) is 0 Å². The zero-order valence-electron chi connectivity index (χ0n) is 13.1. The van der Waals surface area contributed by atoms with Gasteiger partial charge in [-0.3, -0.25) is 0 Å². The first-order chi connectivity index (χ1) is 11.2. The molecule has 0 nitrogen and oxygen atoms in total. The molecule has 0 unspecified atom stereocenters. The minimum absolute atomic E-state index is 0.187. The van der Waals surface area contributed by atoms with Crippen LogP contribution >= 0.6 is 122 Å². The van der Waals surface area contributed by atoms with Gasteiger partial charge in [-0.05, 0) is 28.8 Å². The number of rotatable bonds is 17. The first kappa shape index (κ1) is 26.5. The van der Waals surface area contributed by atoms with E-state index in [0.29, 0.717) is 4.58 Å². The van der Waals surface area contributed by atoms with Gasteiger partial charge in [-0.25, -0.2) is 0 Å². The average Bonchev–Trinajstić information content (AvgIpc) is 2.58. The molecule has 10 heteroatoms. The van der Waals surface area contributed by atoms with Crippen molar-refractivity contribution in [1.82, 2.24) is 0 Å². The van der Waals surface area contributed by atoms with Crippen molar-refractivity contribution in [2.45, 2.75) is 14.4 Å². The van der Waals surface area contributed by atoms with Gasteiger partial charge in [0.25, 0.3) is 0 Å². The Morgan fingerprint density at radius 2 is 0.913 bits per heavy atom. The van der Waals surface area contributed by atoms with E-state index in [9.17, 15) is 0 Å². The Hall–Kier alpha value is 3.50. The molecule has 0 aromatic heterocycles. The maximum Gasteiger partial charge on any atom is 0.108 e. The molecule has 0 spiro atoms. The second kappa shape index (κ2) is 18.8. The molecule has 140 valence electrons. The molecule has 0 aliphatic heterocycles. The van der Waals surface area contributed by atoms with Crippen molar-refractivity contribution in [2.75, 3.05) is 57.5 Å². The van der Waals surface area contributed by atoms with Gasteiger partial charge < -0.3 is 0 Å². The van der Waals surface area contributed by atoms with E-state index in [1.807, 2.05) is 23.5 Å². The predicted octanol–water partition coefficient (Wildman–Crippen LogP) is 5.67. The monoisotopic (exact) mass is 504 g/mol. The first-order valence-corrected chi connectivity index (χ1v) is 15.6. The van der Waals surface area contributed by atoms with Crippen molar-refractivity contribution in [3.63, 3.8) is 0 Å². The maximum atomic E-state index is 4.42. The summed E-state index contributed by atoms with van der Waals surface area (Å²) in [5.74, 6) is 10.1. The van der Waals surface area contributed by atoms with Crippen LogP contribution in [0.3, 0.4) is 0 Å². The van der Waals surface area contributed by atoms with Crippen molar-refractivity contribution in [3.8, 4) is 0 Å². The van der Waals surface area contributed by atoms with Crippen LogP contribution in [0.5, 0.6) is 0 Å². The van der Waals surface area contributed by atoms with Crippen molar-refractivity contribution >= 4 is 122 Å². The molecule has 0 amide bonds. The van der Waals surface area contributed by atoms with Crippen LogP contribution in [-0.2, 0) is 0 Å². The lowest BCUT2D eigenvalue weighted by atomic mass is 10.5. The first-order valence-electron chi connectivity index (χ1n) is 7.37. The Morgan fingerprint density at radius 1 is 0.565 bits per heavy atom. The second-order valence-electron chi connectivity index (χ2n) is 4.22. The summed E-state index contributed by atoms with van der Waals surface area (Å²) in [4.78, 5) is 0. The lowest BCUT2D eigenvalue weighted by Gasteiger charge is -2.35. The van der Waals surface area contributed by atoms with Crippen molar-refractivity contribution in [2.24, 2.45) is 0 Å². The summed E-state index contributed by atoms with van der Waals surface area (Å²) in [5.41, 5.74) is 0. The van der Waals surface area contributed by atoms with E-state index < -0.39 is 0 Å². The number of hydrogen-bond acceptors (Lipinski definition) is 10. The van der Waals surface area contributed by atoms with Gasteiger partial charge in [0.15, 0.2) is 0 Å². The maximum absolute atomic E-state index is 4.42. The molecule has 0 fully saturated rings. The van der Waals surface area contributed by atoms with E-state index in [4.69, 9.17) is 0 Å². The minimum Gasteiger partial charge on any atom is -0.179 e. The molecular formula is C13H28S10. The van der Waals surface area contributed by atoms with Gasteiger partial charge >= 0.3 is 0 Å². The third-order valence-electron chi connectivity index (χ3n) is 2.45. The van der Waals surface area contributed by atoms with Crippen LogP contribution in [0.15, 0.2) is 0 Å². The van der Waals surface area contributed by atoms with Crippen LogP contribution in [0.4, 0.5) is 0 Å². The number of thioether (sulfide) groups is 5. The van der Waals surface area contributed by atoms with E-state index in [1.165, 1.54) is 6.42 Å². The molecule has 0 atom stereocenters. The third-order valence-corrected chi connectivity index (χ3v) is 13.0. The molecule has 0 aliphatic rings. The Morgan fingerprint density at radius 3 is 1.22 bits per heavy atom. The predicted molar refractivity (Wildman–Crippen MR) is 143 cm³/mol. The highest BCUT2D eigenvalue weighted by atomic mass is 32.3. The summed E-state index contributed by atoms with van der Waals surface area (Å²) >= 11 is 32.3. The van der Waals surface area contributed by atoms with Crippen molar-refractivity contribution < 1.29 is 0 Å². The minimum atomic E-state index is 0.187. The Labute approximate surface area is 192 Å². The quantitative estimate of drug-likeness (QED) is 0.127. The molecular weight excluding hydrogens is 477 g/mol. The molecule has 0 bridgehead atoms. The summed E-state index contributed by atoms with van der Waals surface area (Å²) in [6.45, 7) is 0. The Bertz CT molecular complexity index is 223. The highest BCUT2D eigenvalue weighted by Crippen LogP contribution is 2.53. The summed E-state index contributed by atoms with van der Waals surface area (Å²) < 4.78 is 0.785. The van der Waals surface area contributed by atoms with Crippen LogP contribution in [0, 0.1) is 0 Å². The SMILES string of the molecule is SCCSC(CC(SCCS)(SCCS)SCCS)SCCS. The zero-order chi connectivity index (χ0) is 17.4. The molecule has 23 heavy (non-hydrogen) atoms. The molecule has 0 aromatic rings. The van der Waals surface area contributed by atoms with Crippen LogP contribution in [0.25, 0.3) is 0 Å². The van der Waals surface area contributed by atoms with E-state index >= 15 is 0 Å². The van der Waals surface area contributed by atoms with Gasteiger partial charge in [-0.1, -0.05) is 0 Å². The van der Waals surface area contributed by atoms with E-state index in [2.05, 4.69) is 98.4 Å². The Kier molecular flexibility index (Phi) is 21.7. The van der Waals surface area contributed by atoms with Crippen LogP contribution < -0.4 is 0 Å².